The van der Waals surface area contributed by atoms with Gasteiger partial charge in [-0.25, -0.2) is 0 Å². The van der Waals surface area contributed by atoms with Gasteiger partial charge in [-0.15, -0.1) is 0 Å². The van der Waals surface area contributed by atoms with Crippen LogP contribution in [0.25, 0.3) is 0 Å². The first-order valence-electron chi connectivity index (χ1n) is 32.6. The highest BCUT2D eigenvalue weighted by Crippen LogP contribution is 2.18. The van der Waals surface area contributed by atoms with Gasteiger partial charge in [0.2, 0.25) is 0 Å². The van der Waals surface area contributed by atoms with E-state index in [1.54, 1.807) is 0 Å². The highest BCUT2D eigenvalue weighted by molar-refractivity contribution is 5.70. The van der Waals surface area contributed by atoms with Crippen molar-refractivity contribution in [1.29, 1.82) is 0 Å². The van der Waals surface area contributed by atoms with Crippen LogP contribution in [-0.2, 0) is 42.8 Å². The van der Waals surface area contributed by atoms with E-state index in [4.69, 9.17) is 28.4 Å². The molecule has 0 rings (SSSR count). The van der Waals surface area contributed by atoms with Gasteiger partial charge in [0.25, 0.3) is 0 Å². The average molecular weight is 1110 g/mol. The van der Waals surface area contributed by atoms with Crippen LogP contribution in [0.1, 0.15) is 271 Å². The Morgan fingerprint density at radius 1 is 0.304 bits per heavy atom. The maximum absolute atomic E-state index is 12.6. The van der Waals surface area contributed by atoms with E-state index in [0.29, 0.717) is 19.8 Å². The highest BCUT2D eigenvalue weighted by atomic mass is 16.5. The summed E-state index contributed by atoms with van der Waals surface area (Å²) in [6, 6.07) is 0. The Bertz CT molecular complexity index is 1350. The van der Waals surface area contributed by atoms with Crippen LogP contribution in [0.5, 0.6) is 0 Å². The third kappa shape index (κ3) is 56.3. The largest absolute Gasteiger partial charge is 0.466 e. The lowest BCUT2D eigenvalue weighted by Gasteiger charge is -2.39. The van der Waals surface area contributed by atoms with E-state index in [9.17, 15) is 14.4 Å². The lowest BCUT2D eigenvalue weighted by Crippen LogP contribution is -2.55. The van der Waals surface area contributed by atoms with E-state index < -0.39 is 5.54 Å². The fourth-order valence-electron chi connectivity index (χ4n) is 8.81. The summed E-state index contributed by atoms with van der Waals surface area (Å²) < 4.78 is 34.9. The van der Waals surface area contributed by atoms with Crippen molar-refractivity contribution >= 4 is 17.9 Å². The van der Waals surface area contributed by atoms with E-state index in [1.165, 1.54) is 135 Å². The molecule has 0 unspecified atom stereocenters. The predicted octanol–water partition coefficient (Wildman–Crippen LogP) is 18.6. The zero-order valence-corrected chi connectivity index (χ0v) is 52.0. The van der Waals surface area contributed by atoms with Gasteiger partial charge in [-0.3, -0.25) is 19.3 Å². The standard InChI is InChI=1S/C69H123NO9/c1-6-9-12-15-18-21-24-27-30-33-36-39-42-45-48-51-57-77-66(71)54-60-74-63-69(70(4)5,64-75-61-55-67(72)78-58-52-49-46-43-40-37-34-31-28-25-22-19-16-13-10-7-2)65-76-62-56-68(73)79-59-53-50-47-44-41-38-35-32-29-26-23-20-17-14-11-8-3/h18-23,27-32H,6-17,24-26,33-65H2,1-5H3/b21-18-,22-19-,23-20-,30-27-,31-28-,32-29-. The topological polar surface area (TPSA) is 110 Å². The van der Waals surface area contributed by atoms with Crippen molar-refractivity contribution in [3.63, 3.8) is 0 Å². The Morgan fingerprint density at radius 3 is 0.772 bits per heavy atom. The Kier molecular flexibility index (Phi) is 59.7. The number of nitrogens with zero attached hydrogens (tertiary/aromatic N) is 1. The molecule has 0 N–H and O–H groups in total. The number of esters is 3. The zero-order valence-electron chi connectivity index (χ0n) is 52.0. The Labute approximate surface area is 486 Å². The Hall–Kier alpha value is -3.31. The number of hydrogen-bond acceptors (Lipinski definition) is 10. The SMILES string of the molecule is CCCCC/C=C\C/C=C\CCCCCCCCOC(=O)CCOCC(COCCC(=O)OCCCCCCCC/C=C\C/C=C\CCCCC)(COCCC(=O)OCCCCCCCC/C=C\C/C=C\CCCCC)N(C)C. The minimum atomic E-state index is -0.735. The Morgan fingerprint density at radius 2 is 0.532 bits per heavy atom. The summed E-state index contributed by atoms with van der Waals surface area (Å²) in [6.45, 7) is 9.24. The van der Waals surface area contributed by atoms with Gasteiger partial charge in [0, 0.05) is 0 Å². The number of hydrogen-bond donors (Lipinski definition) is 0. The molecule has 0 amide bonds. The smallest absolute Gasteiger partial charge is 0.308 e. The summed E-state index contributed by atoms with van der Waals surface area (Å²) in [5, 5.41) is 0. The van der Waals surface area contributed by atoms with Gasteiger partial charge in [-0.2, -0.15) is 0 Å². The number of likely N-dealkylation sites (N-methyl/N-ethyl adjacent to an activating group) is 1. The van der Waals surface area contributed by atoms with Crippen molar-refractivity contribution in [2.75, 3.05) is 73.6 Å². The Balaban J connectivity index is 4.65. The minimum Gasteiger partial charge on any atom is -0.466 e. The second-order valence-electron chi connectivity index (χ2n) is 21.9. The fraction of sp³-hybridized carbons (Fsp3) is 0.783. The van der Waals surface area contributed by atoms with Crippen molar-refractivity contribution in [2.24, 2.45) is 0 Å². The molecule has 0 fully saturated rings. The van der Waals surface area contributed by atoms with Crippen LogP contribution >= 0.6 is 0 Å². The van der Waals surface area contributed by atoms with E-state index in [-0.39, 0.29) is 76.8 Å². The van der Waals surface area contributed by atoms with E-state index >= 15 is 0 Å². The summed E-state index contributed by atoms with van der Waals surface area (Å²) in [4.78, 5) is 39.8. The maximum Gasteiger partial charge on any atom is 0.308 e. The molecule has 0 atom stereocenters. The maximum atomic E-state index is 12.6. The van der Waals surface area contributed by atoms with Gasteiger partial charge in [0.15, 0.2) is 0 Å². The molecule has 0 aliphatic rings. The van der Waals surface area contributed by atoms with Crippen LogP contribution in [-0.4, -0.2) is 102 Å². The number of carbonyl (C=O) groups excluding carboxylic acids is 3. The molecule has 458 valence electrons. The fourth-order valence-corrected chi connectivity index (χ4v) is 8.81. The quantitative estimate of drug-likeness (QED) is 0.0253. The molecular weight excluding hydrogens is 987 g/mol. The van der Waals surface area contributed by atoms with Crippen molar-refractivity contribution in [3.05, 3.63) is 72.9 Å². The minimum absolute atomic E-state index is 0.148. The summed E-state index contributed by atoms with van der Waals surface area (Å²) in [6.07, 6.45) is 70.0. The molecule has 10 heteroatoms. The van der Waals surface area contributed by atoms with Crippen LogP contribution in [0.4, 0.5) is 0 Å². The normalized spacial score (nSPS) is 12.4. The molecule has 10 nitrogen and oxygen atoms in total. The lowest BCUT2D eigenvalue weighted by atomic mass is 10.0. The van der Waals surface area contributed by atoms with Gasteiger partial charge in [0.1, 0.15) is 0 Å². The number of unbranched alkanes of at least 4 members (excludes halogenated alkanes) is 27. The first kappa shape index (κ1) is 75.7. The molecule has 0 heterocycles. The molecular formula is C69H123NO9. The first-order valence-corrected chi connectivity index (χ1v) is 32.6. The summed E-state index contributed by atoms with van der Waals surface area (Å²) in [5.74, 6) is -0.810. The van der Waals surface area contributed by atoms with Gasteiger partial charge in [-0.1, -0.05) is 209 Å². The molecule has 0 aliphatic carbocycles. The molecule has 79 heavy (non-hydrogen) atoms. The van der Waals surface area contributed by atoms with Crippen LogP contribution in [0.3, 0.4) is 0 Å². The molecule has 0 aromatic rings. The van der Waals surface area contributed by atoms with E-state index in [1.807, 2.05) is 19.0 Å². The molecule has 0 spiro atoms. The molecule has 0 aromatic heterocycles. The summed E-state index contributed by atoms with van der Waals surface area (Å²) >= 11 is 0. The number of ether oxygens (including phenoxy) is 6. The third-order valence-electron chi connectivity index (χ3n) is 14.2. The van der Waals surface area contributed by atoms with Crippen LogP contribution in [0.2, 0.25) is 0 Å². The number of rotatable bonds is 61. The molecule has 0 aromatic carbocycles. The van der Waals surface area contributed by atoms with Gasteiger partial charge in [0.05, 0.1) is 84.3 Å². The highest BCUT2D eigenvalue weighted by Gasteiger charge is 2.34. The van der Waals surface area contributed by atoms with E-state index in [0.717, 1.165) is 96.3 Å². The molecule has 0 radical (unpaired) electrons. The van der Waals surface area contributed by atoms with Crippen LogP contribution < -0.4 is 0 Å². The number of carbonyl (C=O) groups is 3. The van der Waals surface area contributed by atoms with Crippen molar-refractivity contribution in [2.45, 2.75) is 277 Å². The van der Waals surface area contributed by atoms with E-state index in [2.05, 4.69) is 93.7 Å². The van der Waals surface area contributed by atoms with Gasteiger partial charge >= 0.3 is 17.9 Å². The molecule has 0 aliphatic heterocycles. The zero-order chi connectivity index (χ0) is 57.5. The molecule has 0 saturated heterocycles. The second-order valence-corrected chi connectivity index (χ2v) is 21.9. The van der Waals surface area contributed by atoms with Crippen LogP contribution in [0, 0.1) is 0 Å². The first-order chi connectivity index (χ1) is 38.8. The van der Waals surface area contributed by atoms with Crippen molar-refractivity contribution in [1.82, 2.24) is 4.90 Å². The molecule has 0 saturated carbocycles. The summed E-state index contributed by atoms with van der Waals surface area (Å²) in [7, 11) is 3.86. The van der Waals surface area contributed by atoms with Gasteiger partial charge < -0.3 is 28.4 Å². The third-order valence-corrected chi connectivity index (χ3v) is 14.2. The second kappa shape index (κ2) is 62.3. The predicted molar refractivity (Wildman–Crippen MR) is 334 cm³/mol. The molecule has 0 bridgehead atoms. The monoisotopic (exact) mass is 1110 g/mol. The number of allylic oxidation sites excluding steroid dienone is 12. The van der Waals surface area contributed by atoms with Crippen molar-refractivity contribution in [3.8, 4) is 0 Å². The summed E-state index contributed by atoms with van der Waals surface area (Å²) in [5.41, 5.74) is -0.735. The lowest BCUT2D eigenvalue weighted by molar-refractivity contribution is -0.146. The van der Waals surface area contributed by atoms with Crippen molar-refractivity contribution < 1.29 is 42.8 Å². The average Bonchev–Trinajstić information content (AvgIpc) is 3.44. The van der Waals surface area contributed by atoms with Gasteiger partial charge in [-0.05, 0) is 130 Å². The van der Waals surface area contributed by atoms with Crippen LogP contribution in [0.15, 0.2) is 72.9 Å².